The second kappa shape index (κ2) is 19.2. The lowest BCUT2D eigenvalue weighted by Gasteiger charge is -2.28. The van der Waals surface area contributed by atoms with Crippen molar-refractivity contribution >= 4 is 58.0 Å². The molecule has 1 heterocycles. The van der Waals surface area contributed by atoms with Crippen molar-refractivity contribution in [3.8, 4) is 11.5 Å². The molecule has 3 amide bonds. The summed E-state index contributed by atoms with van der Waals surface area (Å²) in [6.07, 6.45) is 7.88. The van der Waals surface area contributed by atoms with Crippen molar-refractivity contribution in [2.75, 3.05) is 12.4 Å². The summed E-state index contributed by atoms with van der Waals surface area (Å²) in [5.74, 6) is -1.53. The SMILES string of the molecule is C=C/C=C\C(=C/C)N1C(=O)/C(=C/c2cc(Cl)c(OCc3cccc([N+](=O)[O-])c3)c(OCC)c2)C(=O)N=C1SCC(=O)NC(c1ccccc1)c1ccccc1. The quantitative estimate of drug-likeness (QED) is 0.0416. The monoisotopic (exact) mass is 776 g/mol. The molecule has 0 fully saturated rings. The molecule has 1 aliphatic heterocycles. The molecule has 1 N–H and O–H groups in total. The molecule has 5 rings (SSSR count). The number of amides is 3. The van der Waals surface area contributed by atoms with Crippen LogP contribution in [0.25, 0.3) is 6.08 Å². The van der Waals surface area contributed by atoms with Crippen LogP contribution < -0.4 is 14.8 Å². The number of nitrogens with zero attached hydrogens (tertiary/aromatic N) is 3. The first-order valence-electron chi connectivity index (χ1n) is 17.1. The minimum absolute atomic E-state index is 0.0259. The van der Waals surface area contributed by atoms with Crippen LogP contribution in [0.3, 0.4) is 0 Å². The van der Waals surface area contributed by atoms with Crippen LogP contribution in [0.2, 0.25) is 5.02 Å². The molecular weight excluding hydrogens is 740 g/mol. The van der Waals surface area contributed by atoms with Crippen LogP contribution in [0, 0.1) is 10.1 Å². The molecule has 280 valence electrons. The summed E-state index contributed by atoms with van der Waals surface area (Å²) >= 11 is 7.61. The number of allylic oxidation sites excluding steroid dienone is 4. The van der Waals surface area contributed by atoms with E-state index >= 15 is 0 Å². The second-order valence-electron chi connectivity index (χ2n) is 11.8. The number of nitro benzene ring substituents is 1. The zero-order valence-corrected chi connectivity index (χ0v) is 31.6. The molecule has 0 saturated carbocycles. The van der Waals surface area contributed by atoms with Crippen molar-refractivity contribution < 1.29 is 28.8 Å². The molecule has 13 heteroatoms. The number of rotatable bonds is 15. The van der Waals surface area contributed by atoms with Crippen LogP contribution in [-0.4, -0.2) is 45.1 Å². The minimum Gasteiger partial charge on any atom is -0.490 e. The number of nitro groups is 1. The number of halogens is 1. The average molecular weight is 777 g/mol. The lowest BCUT2D eigenvalue weighted by Crippen LogP contribution is -2.42. The number of aliphatic imine (C=N–C) groups is 1. The fraction of sp³-hybridized carbons (Fsp3) is 0.143. The predicted octanol–water partition coefficient (Wildman–Crippen LogP) is 8.62. The highest BCUT2D eigenvalue weighted by molar-refractivity contribution is 8.14. The summed E-state index contributed by atoms with van der Waals surface area (Å²) in [6.45, 7) is 7.42. The van der Waals surface area contributed by atoms with E-state index in [0.29, 0.717) is 16.8 Å². The Labute approximate surface area is 327 Å². The number of ether oxygens (including phenoxy) is 2. The van der Waals surface area contributed by atoms with Gasteiger partial charge in [-0.3, -0.25) is 29.4 Å². The smallest absolute Gasteiger partial charge is 0.285 e. The summed E-state index contributed by atoms with van der Waals surface area (Å²) < 4.78 is 11.7. The lowest BCUT2D eigenvalue weighted by atomic mass is 9.99. The van der Waals surface area contributed by atoms with Gasteiger partial charge in [0.15, 0.2) is 16.7 Å². The maximum absolute atomic E-state index is 14.2. The van der Waals surface area contributed by atoms with Crippen molar-refractivity contribution in [1.82, 2.24) is 10.2 Å². The molecule has 0 aromatic heterocycles. The Morgan fingerprint density at radius 2 is 1.71 bits per heavy atom. The summed E-state index contributed by atoms with van der Waals surface area (Å²) in [6, 6.07) is 27.8. The van der Waals surface area contributed by atoms with E-state index in [0.717, 1.165) is 22.9 Å². The van der Waals surface area contributed by atoms with Crippen LogP contribution in [0.5, 0.6) is 11.5 Å². The molecule has 4 aromatic rings. The third-order valence-electron chi connectivity index (χ3n) is 8.06. The molecule has 0 atom stereocenters. The molecule has 4 aromatic carbocycles. The first-order valence-corrected chi connectivity index (χ1v) is 18.5. The van der Waals surface area contributed by atoms with Crippen LogP contribution >= 0.6 is 23.4 Å². The molecule has 0 bridgehead atoms. The Hall–Kier alpha value is -6.24. The van der Waals surface area contributed by atoms with Crippen LogP contribution in [-0.2, 0) is 21.0 Å². The van der Waals surface area contributed by atoms with Crippen molar-refractivity contribution in [2.24, 2.45) is 4.99 Å². The predicted molar refractivity (Wildman–Crippen MR) is 216 cm³/mol. The molecule has 0 radical (unpaired) electrons. The Balaban J connectivity index is 1.42. The maximum Gasteiger partial charge on any atom is 0.285 e. The van der Waals surface area contributed by atoms with E-state index in [1.807, 2.05) is 60.7 Å². The largest absolute Gasteiger partial charge is 0.490 e. The summed E-state index contributed by atoms with van der Waals surface area (Å²) in [7, 11) is 0. The first-order chi connectivity index (χ1) is 26.6. The van der Waals surface area contributed by atoms with Gasteiger partial charge in [-0.1, -0.05) is 121 Å². The normalized spacial score (nSPS) is 14.0. The van der Waals surface area contributed by atoms with E-state index in [1.54, 1.807) is 56.4 Å². The number of hydrogen-bond donors (Lipinski definition) is 1. The average Bonchev–Trinajstić information content (AvgIpc) is 3.19. The maximum atomic E-state index is 14.2. The van der Waals surface area contributed by atoms with Gasteiger partial charge in [-0.25, -0.2) is 0 Å². The van der Waals surface area contributed by atoms with E-state index in [-0.39, 0.29) is 57.8 Å². The van der Waals surface area contributed by atoms with Gasteiger partial charge in [0.2, 0.25) is 5.91 Å². The molecular formula is C42H37ClN4O7S. The number of amidine groups is 1. The van der Waals surface area contributed by atoms with Gasteiger partial charge in [-0.15, -0.1) is 0 Å². The van der Waals surface area contributed by atoms with Gasteiger partial charge >= 0.3 is 0 Å². The van der Waals surface area contributed by atoms with Gasteiger partial charge in [0, 0.05) is 17.8 Å². The van der Waals surface area contributed by atoms with Crippen LogP contribution in [0.4, 0.5) is 5.69 Å². The van der Waals surface area contributed by atoms with E-state index in [4.69, 9.17) is 21.1 Å². The highest BCUT2D eigenvalue weighted by Gasteiger charge is 2.35. The van der Waals surface area contributed by atoms with E-state index in [1.165, 1.54) is 29.2 Å². The van der Waals surface area contributed by atoms with E-state index in [2.05, 4.69) is 16.9 Å². The Bertz CT molecular complexity index is 2160. The van der Waals surface area contributed by atoms with Crippen LogP contribution in [0.1, 0.15) is 42.1 Å². The zero-order valence-electron chi connectivity index (χ0n) is 30.0. The number of carbonyl (C=O) groups excluding carboxylic acids is 3. The molecule has 55 heavy (non-hydrogen) atoms. The standard InChI is InChI=1S/C42H37ClN4O7S/c1-4-7-20-32(5-2)46-41(50)34(23-29-24-35(43)39(36(25-29)53-6-3)54-26-28-15-14-21-33(22-28)47(51)52)40(49)45-42(46)55-27-37(48)44-38(30-16-10-8-11-17-30)31-18-12-9-13-19-31/h4-5,7-25,38H,1,6,26-27H2,2-3H3,(H,44,48)/b20-7-,32-5+,34-23+. The third-order valence-corrected chi connectivity index (χ3v) is 9.28. The highest BCUT2D eigenvalue weighted by Crippen LogP contribution is 2.38. The fourth-order valence-corrected chi connectivity index (χ4v) is 6.63. The fourth-order valence-electron chi connectivity index (χ4n) is 5.55. The Kier molecular flexibility index (Phi) is 13.9. The third kappa shape index (κ3) is 10.3. The van der Waals surface area contributed by atoms with Gasteiger partial charge in [0.1, 0.15) is 12.2 Å². The van der Waals surface area contributed by atoms with E-state index < -0.39 is 22.8 Å². The molecule has 0 spiro atoms. The van der Waals surface area contributed by atoms with Crippen LogP contribution in [0.15, 0.2) is 144 Å². The molecule has 0 unspecified atom stereocenters. The first kappa shape index (κ1) is 40.0. The van der Waals surface area contributed by atoms with Crippen molar-refractivity contribution in [2.45, 2.75) is 26.5 Å². The number of carbonyl (C=O) groups is 3. The van der Waals surface area contributed by atoms with Gasteiger partial charge < -0.3 is 14.8 Å². The number of benzene rings is 4. The zero-order chi connectivity index (χ0) is 39.3. The van der Waals surface area contributed by atoms with Crippen molar-refractivity contribution in [1.29, 1.82) is 0 Å². The number of thioether (sulfide) groups is 1. The van der Waals surface area contributed by atoms with E-state index in [9.17, 15) is 24.5 Å². The number of hydrogen-bond acceptors (Lipinski definition) is 8. The highest BCUT2D eigenvalue weighted by atomic mass is 35.5. The Morgan fingerprint density at radius 3 is 2.33 bits per heavy atom. The minimum atomic E-state index is -0.807. The molecule has 0 saturated heterocycles. The summed E-state index contributed by atoms with van der Waals surface area (Å²) in [4.78, 5) is 57.5. The molecule has 0 aliphatic carbocycles. The van der Waals surface area contributed by atoms with Gasteiger partial charge in [0.05, 0.1) is 28.3 Å². The topological polar surface area (TPSA) is 140 Å². The lowest BCUT2D eigenvalue weighted by molar-refractivity contribution is -0.384. The second-order valence-corrected chi connectivity index (χ2v) is 13.1. The van der Waals surface area contributed by atoms with Crippen molar-refractivity contribution in [3.05, 3.63) is 177 Å². The molecule has 1 aliphatic rings. The van der Waals surface area contributed by atoms with Crippen molar-refractivity contribution in [3.63, 3.8) is 0 Å². The number of non-ortho nitro benzene ring substituents is 1. The number of nitrogens with one attached hydrogen (secondary N) is 1. The summed E-state index contributed by atoms with van der Waals surface area (Å²) in [5.41, 5.74) is 2.75. The van der Waals surface area contributed by atoms with Gasteiger partial charge in [-0.05, 0) is 60.4 Å². The summed E-state index contributed by atoms with van der Waals surface area (Å²) in [5, 5.41) is 14.4. The van der Waals surface area contributed by atoms with Gasteiger partial charge in [-0.2, -0.15) is 4.99 Å². The van der Waals surface area contributed by atoms with Gasteiger partial charge in [0.25, 0.3) is 17.5 Å². The molecule has 11 nitrogen and oxygen atoms in total. The Morgan fingerprint density at radius 1 is 1.02 bits per heavy atom.